The fourth-order valence-electron chi connectivity index (χ4n) is 6.44. The maximum absolute atomic E-state index is 12.7. The predicted octanol–water partition coefficient (Wildman–Crippen LogP) is 13.3. The van der Waals surface area contributed by atoms with Crippen molar-refractivity contribution in [2.24, 2.45) is 11.8 Å². The van der Waals surface area contributed by atoms with Crippen molar-refractivity contribution in [1.82, 2.24) is 5.32 Å². The summed E-state index contributed by atoms with van der Waals surface area (Å²) in [4.78, 5) is 12.7. The van der Waals surface area contributed by atoms with Crippen molar-refractivity contribution in [1.29, 1.82) is 0 Å². The van der Waals surface area contributed by atoms with Gasteiger partial charge in [0.1, 0.15) is 0 Å². The lowest BCUT2D eigenvalue weighted by Gasteiger charge is -2.20. The maximum atomic E-state index is 12.7. The van der Waals surface area contributed by atoms with E-state index in [1.165, 1.54) is 141 Å². The Morgan fingerprint density at radius 1 is 0.457 bits per heavy atom. The summed E-state index contributed by atoms with van der Waals surface area (Å²) in [5, 5.41) is 3.62. The molecule has 0 bridgehead atoms. The minimum absolute atomic E-state index is 0.0660. The fraction of sp³-hybridized carbons (Fsp3) is 0.929. The van der Waals surface area contributed by atoms with Crippen LogP contribution in [0.2, 0.25) is 0 Å². The van der Waals surface area contributed by atoms with Crippen LogP contribution in [0, 0.1) is 11.8 Å². The Morgan fingerprint density at radius 2 is 0.804 bits per heavy atom. The molecule has 4 nitrogen and oxygen atoms in total. The zero-order valence-corrected chi connectivity index (χ0v) is 31.9. The summed E-state index contributed by atoms with van der Waals surface area (Å²) in [5.74, 6) is 1.81. The molecular weight excluding hydrogens is 566 g/mol. The van der Waals surface area contributed by atoms with Gasteiger partial charge in [0.15, 0.2) is 0 Å². The highest BCUT2D eigenvalue weighted by molar-refractivity contribution is 5.72. The van der Waals surface area contributed by atoms with Crippen LogP contribution in [0.1, 0.15) is 214 Å². The molecule has 0 spiro atoms. The van der Waals surface area contributed by atoms with Crippen molar-refractivity contribution in [3.8, 4) is 0 Å². The van der Waals surface area contributed by atoms with Crippen LogP contribution in [0.4, 0.5) is 0 Å². The summed E-state index contributed by atoms with van der Waals surface area (Å²) in [7, 11) is 0. The second-order valence-corrected chi connectivity index (χ2v) is 14.2. The van der Waals surface area contributed by atoms with Gasteiger partial charge < -0.3 is 14.8 Å². The van der Waals surface area contributed by atoms with Gasteiger partial charge in [-0.25, -0.2) is 0 Å². The molecule has 0 aliphatic heterocycles. The van der Waals surface area contributed by atoms with Gasteiger partial charge in [-0.1, -0.05) is 169 Å². The Bertz CT molecular complexity index is 636. The first-order valence-electron chi connectivity index (χ1n) is 20.8. The second kappa shape index (κ2) is 36.8. The molecule has 2 atom stereocenters. The van der Waals surface area contributed by atoms with E-state index in [0.29, 0.717) is 12.5 Å². The van der Waals surface area contributed by atoms with E-state index in [9.17, 15) is 4.79 Å². The monoisotopic (exact) mass is 650 g/mol. The van der Waals surface area contributed by atoms with Crippen LogP contribution >= 0.6 is 0 Å². The molecule has 46 heavy (non-hydrogen) atoms. The topological polar surface area (TPSA) is 47.6 Å². The lowest BCUT2D eigenvalue weighted by Crippen LogP contribution is -2.19. The third-order valence-corrected chi connectivity index (χ3v) is 9.69. The fourth-order valence-corrected chi connectivity index (χ4v) is 6.44. The minimum Gasteiger partial charge on any atom is -0.498 e. The standard InChI is InChI=1S/C42H83NO3/c1-6-10-14-17-18-26-32-40(31-24-15-11-7-2)39(5)45-37-29-21-19-27-35-43-36-28-20-22-30-38-46-42(44)41(33-23-13-9-4)34-25-16-12-8-3/h40-41,43H,5-38H2,1-4H3. The third-order valence-electron chi connectivity index (χ3n) is 9.69. The summed E-state index contributed by atoms with van der Waals surface area (Å²) in [6.45, 7) is 17.1. The molecule has 0 heterocycles. The van der Waals surface area contributed by atoms with Gasteiger partial charge in [-0.05, 0) is 64.5 Å². The van der Waals surface area contributed by atoms with Gasteiger partial charge in [-0.15, -0.1) is 0 Å². The Balaban J connectivity index is 3.82. The number of hydrogen-bond donors (Lipinski definition) is 1. The first kappa shape index (κ1) is 45.0. The second-order valence-electron chi connectivity index (χ2n) is 14.2. The summed E-state index contributed by atoms with van der Waals surface area (Å²) >= 11 is 0. The van der Waals surface area contributed by atoms with Crippen molar-refractivity contribution in [3.05, 3.63) is 12.3 Å². The molecule has 0 radical (unpaired) electrons. The Hall–Kier alpha value is -1.03. The van der Waals surface area contributed by atoms with Crippen LogP contribution in [-0.4, -0.2) is 32.3 Å². The highest BCUT2D eigenvalue weighted by Crippen LogP contribution is 2.26. The first-order chi connectivity index (χ1) is 22.6. The van der Waals surface area contributed by atoms with Crippen LogP contribution < -0.4 is 5.32 Å². The number of rotatable bonds is 38. The normalized spacial score (nSPS) is 12.7. The van der Waals surface area contributed by atoms with Crippen molar-refractivity contribution < 1.29 is 14.3 Å². The zero-order chi connectivity index (χ0) is 33.8. The maximum Gasteiger partial charge on any atom is 0.308 e. The van der Waals surface area contributed by atoms with Gasteiger partial charge >= 0.3 is 5.97 Å². The van der Waals surface area contributed by atoms with Crippen molar-refractivity contribution in [3.63, 3.8) is 0 Å². The molecule has 0 saturated heterocycles. The molecule has 2 unspecified atom stereocenters. The molecule has 0 aliphatic rings. The molecule has 274 valence electrons. The van der Waals surface area contributed by atoms with E-state index in [1.807, 2.05) is 0 Å². The minimum atomic E-state index is 0.0660. The molecule has 1 N–H and O–H groups in total. The van der Waals surface area contributed by atoms with Crippen molar-refractivity contribution >= 4 is 5.97 Å². The summed E-state index contributed by atoms with van der Waals surface area (Å²) in [5.41, 5.74) is 0. The van der Waals surface area contributed by atoms with Gasteiger partial charge in [-0.2, -0.15) is 0 Å². The van der Waals surface area contributed by atoms with E-state index >= 15 is 0 Å². The van der Waals surface area contributed by atoms with E-state index in [4.69, 9.17) is 9.47 Å². The van der Waals surface area contributed by atoms with Gasteiger partial charge in [0.05, 0.1) is 24.9 Å². The number of unbranched alkanes of at least 4 members (excludes halogenated alkanes) is 19. The number of hydrogen-bond acceptors (Lipinski definition) is 4. The zero-order valence-electron chi connectivity index (χ0n) is 31.9. The van der Waals surface area contributed by atoms with Gasteiger partial charge in [0, 0.05) is 5.92 Å². The van der Waals surface area contributed by atoms with Gasteiger partial charge in [0.2, 0.25) is 0 Å². The molecule has 0 saturated carbocycles. The SMILES string of the molecule is C=C(OCCCCCCNCCCCCCOC(=O)C(CCCCC)CCCCCC)C(CCCCCC)CCCCCCCC. The third kappa shape index (κ3) is 30.3. The number of carbonyl (C=O) groups excluding carboxylic acids is 1. The molecule has 0 aliphatic carbocycles. The molecule has 0 fully saturated rings. The van der Waals surface area contributed by atoms with Gasteiger partial charge in [0.25, 0.3) is 0 Å². The number of esters is 1. The van der Waals surface area contributed by atoms with Crippen LogP contribution in [0.25, 0.3) is 0 Å². The van der Waals surface area contributed by atoms with E-state index < -0.39 is 0 Å². The lowest BCUT2D eigenvalue weighted by atomic mass is 9.93. The summed E-state index contributed by atoms with van der Waals surface area (Å²) < 4.78 is 11.9. The Kier molecular flexibility index (Phi) is 36.0. The van der Waals surface area contributed by atoms with Crippen LogP contribution in [0.15, 0.2) is 12.3 Å². The Morgan fingerprint density at radius 3 is 1.33 bits per heavy atom. The number of allylic oxidation sites excluding steroid dienone is 1. The van der Waals surface area contributed by atoms with Crippen LogP contribution in [0.3, 0.4) is 0 Å². The van der Waals surface area contributed by atoms with Crippen molar-refractivity contribution in [2.45, 2.75) is 214 Å². The Labute approximate surface area is 289 Å². The quantitative estimate of drug-likeness (QED) is 0.0411. The number of carbonyl (C=O) groups is 1. The molecule has 0 rings (SSSR count). The predicted molar refractivity (Wildman–Crippen MR) is 202 cm³/mol. The smallest absolute Gasteiger partial charge is 0.308 e. The lowest BCUT2D eigenvalue weighted by molar-refractivity contribution is -0.149. The summed E-state index contributed by atoms with van der Waals surface area (Å²) in [6.07, 6.45) is 36.0. The van der Waals surface area contributed by atoms with E-state index in [1.54, 1.807) is 0 Å². The molecule has 4 heteroatoms. The molecule has 0 aromatic rings. The van der Waals surface area contributed by atoms with Crippen LogP contribution in [-0.2, 0) is 14.3 Å². The van der Waals surface area contributed by atoms with E-state index in [2.05, 4.69) is 39.6 Å². The summed E-state index contributed by atoms with van der Waals surface area (Å²) in [6, 6.07) is 0. The number of ether oxygens (including phenoxy) is 2. The average Bonchev–Trinajstić information content (AvgIpc) is 3.06. The molecule has 0 amide bonds. The van der Waals surface area contributed by atoms with E-state index in [-0.39, 0.29) is 11.9 Å². The molecule has 0 aromatic heterocycles. The number of nitrogens with one attached hydrogen (secondary N) is 1. The molecule has 0 aromatic carbocycles. The van der Waals surface area contributed by atoms with E-state index in [0.717, 1.165) is 70.4 Å². The average molecular weight is 650 g/mol. The first-order valence-corrected chi connectivity index (χ1v) is 20.8. The highest BCUT2D eigenvalue weighted by atomic mass is 16.5. The van der Waals surface area contributed by atoms with Gasteiger partial charge in [-0.3, -0.25) is 4.79 Å². The van der Waals surface area contributed by atoms with Crippen LogP contribution in [0.5, 0.6) is 0 Å². The van der Waals surface area contributed by atoms with Crippen molar-refractivity contribution in [2.75, 3.05) is 26.3 Å². The molecular formula is C42H83NO3. The highest BCUT2D eigenvalue weighted by Gasteiger charge is 2.19. The largest absolute Gasteiger partial charge is 0.498 e.